The van der Waals surface area contributed by atoms with E-state index < -0.39 is 6.04 Å². The molecule has 0 radical (unpaired) electrons. The predicted octanol–water partition coefficient (Wildman–Crippen LogP) is 1.87. The molecule has 1 atom stereocenters. The number of rotatable bonds is 7. The maximum absolute atomic E-state index is 12.9. The number of aryl methyl sites for hydroxylation is 1. The lowest BCUT2D eigenvalue weighted by Gasteiger charge is -2.12. The van der Waals surface area contributed by atoms with E-state index in [2.05, 4.69) is 5.32 Å². The van der Waals surface area contributed by atoms with Crippen molar-refractivity contribution in [3.8, 4) is 0 Å². The van der Waals surface area contributed by atoms with Gasteiger partial charge in [0.2, 0.25) is 5.91 Å². The average molecular weight is 284 g/mol. The standard InChI is InChI=1S/C14H21FN2OS/c1-10-9-12(15)4-3-11(10)5-7-17-14(18)13(16)6-8-19-2/h3-4,9,13H,5-8,16H2,1-2H3,(H,17,18)/t13-/m1/s1. The first-order valence-corrected chi connectivity index (χ1v) is 7.71. The van der Waals surface area contributed by atoms with Crippen molar-refractivity contribution in [1.29, 1.82) is 0 Å². The number of benzene rings is 1. The largest absolute Gasteiger partial charge is 0.354 e. The zero-order valence-corrected chi connectivity index (χ0v) is 12.2. The number of nitrogens with one attached hydrogen (secondary N) is 1. The molecule has 3 N–H and O–H groups in total. The van der Waals surface area contributed by atoms with Gasteiger partial charge in [0.1, 0.15) is 5.82 Å². The number of carbonyl (C=O) groups is 1. The van der Waals surface area contributed by atoms with Crippen LogP contribution in [0.5, 0.6) is 0 Å². The second-order valence-electron chi connectivity index (χ2n) is 4.50. The van der Waals surface area contributed by atoms with Crippen molar-refractivity contribution in [3.05, 3.63) is 35.1 Å². The third-order valence-corrected chi connectivity index (χ3v) is 3.61. The second-order valence-corrected chi connectivity index (χ2v) is 5.49. The van der Waals surface area contributed by atoms with E-state index in [1.807, 2.05) is 13.2 Å². The molecule has 1 aromatic carbocycles. The predicted molar refractivity (Wildman–Crippen MR) is 78.8 cm³/mol. The Morgan fingerprint density at radius 3 is 2.89 bits per heavy atom. The fourth-order valence-corrected chi connectivity index (χ4v) is 2.26. The third-order valence-electron chi connectivity index (χ3n) is 2.97. The topological polar surface area (TPSA) is 55.1 Å². The van der Waals surface area contributed by atoms with Crippen LogP contribution < -0.4 is 11.1 Å². The van der Waals surface area contributed by atoms with E-state index in [0.717, 1.165) is 16.9 Å². The van der Waals surface area contributed by atoms with E-state index in [9.17, 15) is 9.18 Å². The molecule has 1 amide bonds. The Kier molecular flexibility index (Phi) is 6.87. The van der Waals surface area contributed by atoms with Gasteiger partial charge in [-0.1, -0.05) is 6.07 Å². The summed E-state index contributed by atoms with van der Waals surface area (Å²) in [6, 6.07) is 4.25. The molecule has 3 nitrogen and oxygen atoms in total. The molecule has 0 saturated heterocycles. The van der Waals surface area contributed by atoms with Crippen molar-refractivity contribution in [2.75, 3.05) is 18.6 Å². The van der Waals surface area contributed by atoms with E-state index in [-0.39, 0.29) is 11.7 Å². The lowest BCUT2D eigenvalue weighted by Crippen LogP contribution is -2.41. The highest BCUT2D eigenvalue weighted by molar-refractivity contribution is 7.98. The second kappa shape index (κ2) is 8.17. The molecular formula is C14H21FN2OS. The Balaban J connectivity index is 2.35. The van der Waals surface area contributed by atoms with E-state index in [4.69, 9.17) is 5.73 Å². The van der Waals surface area contributed by atoms with Crippen LogP contribution in [-0.2, 0) is 11.2 Å². The molecular weight excluding hydrogens is 263 g/mol. The molecule has 0 aliphatic carbocycles. The molecule has 0 aliphatic rings. The summed E-state index contributed by atoms with van der Waals surface area (Å²) in [6.45, 7) is 2.39. The average Bonchev–Trinajstić information content (AvgIpc) is 2.38. The van der Waals surface area contributed by atoms with Crippen molar-refractivity contribution in [3.63, 3.8) is 0 Å². The molecule has 0 aliphatic heterocycles. The molecule has 106 valence electrons. The normalized spacial score (nSPS) is 12.2. The molecule has 0 saturated carbocycles. The van der Waals surface area contributed by atoms with Gasteiger partial charge < -0.3 is 11.1 Å². The van der Waals surface area contributed by atoms with Gasteiger partial charge >= 0.3 is 0 Å². The van der Waals surface area contributed by atoms with Gasteiger partial charge in [0, 0.05) is 6.54 Å². The van der Waals surface area contributed by atoms with Gasteiger partial charge in [-0.25, -0.2) is 4.39 Å². The molecule has 19 heavy (non-hydrogen) atoms. The van der Waals surface area contributed by atoms with Crippen LogP contribution >= 0.6 is 11.8 Å². The third kappa shape index (κ3) is 5.61. The first-order valence-electron chi connectivity index (χ1n) is 6.32. The number of amides is 1. The highest BCUT2D eigenvalue weighted by Gasteiger charge is 2.12. The number of halogens is 1. The van der Waals surface area contributed by atoms with Crippen LogP contribution in [0.2, 0.25) is 0 Å². The number of hydrogen-bond donors (Lipinski definition) is 2. The van der Waals surface area contributed by atoms with Gasteiger partial charge in [-0.05, 0) is 55.0 Å². The van der Waals surface area contributed by atoms with Crippen molar-refractivity contribution < 1.29 is 9.18 Å². The molecule has 0 bridgehead atoms. The van der Waals surface area contributed by atoms with Crippen LogP contribution in [0.25, 0.3) is 0 Å². The SMILES string of the molecule is CSCC[C@@H](N)C(=O)NCCc1ccc(F)cc1C. The van der Waals surface area contributed by atoms with Crippen LogP contribution in [0.15, 0.2) is 18.2 Å². The Hall–Kier alpha value is -1.07. The molecule has 0 unspecified atom stereocenters. The minimum atomic E-state index is -0.443. The molecule has 0 fully saturated rings. The van der Waals surface area contributed by atoms with Crippen LogP contribution in [0.4, 0.5) is 4.39 Å². The smallest absolute Gasteiger partial charge is 0.236 e. The summed E-state index contributed by atoms with van der Waals surface area (Å²) < 4.78 is 12.9. The van der Waals surface area contributed by atoms with Gasteiger partial charge in [0.05, 0.1) is 6.04 Å². The van der Waals surface area contributed by atoms with Gasteiger partial charge in [-0.3, -0.25) is 4.79 Å². The summed E-state index contributed by atoms with van der Waals surface area (Å²) >= 11 is 1.68. The number of hydrogen-bond acceptors (Lipinski definition) is 3. The molecule has 1 aromatic rings. The van der Waals surface area contributed by atoms with E-state index in [0.29, 0.717) is 19.4 Å². The highest BCUT2D eigenvalue weighted by Crippen LogP contribution is 2.10. The Bertz CT molecular complexity index is 426. The number of nitrogens with two attached hydrogens (primary N) is 1. The maximum atomic E-state index is 12.9. The Labute approximate surface area is 118 Å². The first kappa shape index (κ1) is 16.0. The van der Waals surface area contributed by atoms with Crippen molar-refractivity contribution in [2.45, 2.75) is 25.8 Å². The summed E-state index contributed by atoms with van der Waals surface area (Å²) in [6.07, 6.45) is 3.36. The maximum Gasteiger partial charge on any atom is 0.236 e. The van der Waals surface area contributed by atoms with E-state index in [1.54, 1.807) is 17.8 Å². The first-order chi connectivity index (χ1) is 9.04. The number of carbonyl (C=O) groups excluding carboxylic acids is 1. The molecule has 0 heterocycles. The van der Waals surface area contributed by atoms with Crippen LogP contribution in [-0.4, -0.2) is 30.5 Å². The summed E-state index contributed by atoms with van der Waals surface area (Å²) in [5.41, 5.74) is 7.70. The highest BCUT2D eigenvalue weighted by atomic mass is 32.2. The fourth-order valence-electron chi connectivity index (χ4n) is 1.77. The van der Waals surface area contributed by atoms with Gasteiger partial charge in [-0.2, -0.15) is 11.8 Å². The zero-order valence-electron chi connectivity index (χ0n) is 11.4. The number of thioether (sulfide) groups is 1. The van der Waals surface area contributed by atoms with Gasteiger partial charge in [0.15, 0.2) is 0 Å². The molecule has 1 rings (SSSR count). The van der Waals surface area contributed by atoms with Crippen LogP contribution in [0.3, 0.4) is 0 Å². The lowest BCUT2D eigenvalue weighted by atomic mass is 10.1. The monoisotopic (exact) mass is 284 g/mol. The van der Waals surface area contributed by atoms with E-state index in [1.165, 1.54) is 12.1 Å². The van der Waals surface area contributed by atoms with Crippen LogP contribution in [0.1, 0.15) is 17.5 Å². The van der Waals surface area contributed by atoms with Gasteiger partial charge in [-0.15, -0.1) is 0 Å². The van der Waals surface area contributed by atoms with Crippen molar-refractivity contribution in [1.82, 2.24) is 5.32 Å². The molecule has 0 aromatic heterocycles. The summed E-state index contributed by atoms with van der Waals surface area (Å²) in [5, 5.41) is 2.81. The lowest BCUT2D eigenvalue weighted by molar-refractivity contribution is -0.122. The summed E-state index contributed by atoms with van der Waals surface area (Å²) in [5.74, 6) is 0.532. The minimum Gasteiger partial charge on any atom is -0.354 e. The Morgan fingerprint density at radius 2 is 2.26 bits per heavy atom. The Morgan fingerprint density at radius 1 is 1.53 bits per heavy atom. The molecule has 5 heteroatoms. The van der Waals surface area contributed by atoms with Crippen LogP contribution in [0, 0.1) is 12.7 Å². The zero-order chi connectivity index (χ0) is 14.3. The van der Waals surface area contributed by atoms with Crippen molar-refractivity contribution >= 4 is 17.7 Å². The molecule has 0 spiro atoms. The quantitative estimate of drug-likeness (QED) is 0.804. The van der Waals surface area contributed by atoms with Gasteiger partial charge in [0.25, 0.3) is 0 Å². The minimum absolute atomic E-state index is 0.117. The van der Waals surface area contributed by atoms with E-state index >= 15 is 0 Å². The summed E-state index contributed by atoms with van der Waals surface area (Å²) in [4.78, 5) is 11.7. The fraction of sp³-hybridized carbons (Fsp3) is 0.500. The summed E-state index contributed by atoms with van der Waals surface area (Å²) in [7, 11) is 0. The van der Waals surface area contributed by atoms with Crippen molar-refractivity contribution in [2.24, 2.45) is 5.73 Å².